The number of hydrogen-bond donors (Lipinski definition) is 1. The molecule has 0 aromatic heterocycles. The highest BCUT2D eigenvalue weighted by molar-refractivity contribution is 5.57. The molecule has 0 aliphatic rings. The maximum absolute atomic E-state index is 3.30. The molecular formula is C14H23N. The van der Waals surface area contributed by atoms with Gasteiger partial charge < -0.3 is 5.32 Å². The van der Waals surface area contributed by atoms with E-state index in [2.05, 4.69) is 52.1 Å². The van der Waals surface area contributed by atoms with Crippen molar-refractivity contribution in [3.8, 4) is 0 Å². The molecule has 0 atom stereocenters. The van der Waals surface area contributed by atoms with E-state index in [9.17, 15) is 0 Å². The van der Waals surface area contributed by atoms with Crippen LogP contribution in [0.25, 0.3) is 0 Å². The quantitative estimate of drug-likeness (QED) is 0.772. The lowest BCUT2D eigenvalue weighted by Crippen LogP contribution is -2.13. The molecule has 0 unspecified atom stereocenters. The minimum Gasteiger partial charge on any atom is -0.388 e. The summed E-state index contributed by atoms with van der Waals surface area (Å²) in [6, 6.07) is 4.60. The van der Waals surface area contributed by atoms with Gasteiger partial charge in [0.05, 0.1) is 0 Å². The van der Waals surface area contributed by atoms with Gasteiger partial charge in [0, 0.05) is 12.7 Å². The zero-order valence-electron chi connectivity index (χ0n) is 10.9. The van der Waals surface area contributed by atoms with E-state index in [0.717, 1.165) is 6.42 Å². The van der Waals surface area contributed by atoms with E-state index in [-0.39, 0.29) is 5.41 Å². The first kappa shape index (κ1) is 12.1. The number of rotatable bonds is 2. The first-order valence-corrected chi connectivity index (χ1v) is 5.72. The molecule has 1 aromatic carbocycles. The van der Waals surface area contributed by atoms with Crippen molar-refractivity contribution in [1.82, 2.24) is 0 Å². The Bertz CT molecular complexity index is 345. The molecule has 1 nitrogen and oxygen atoms in total. The fourth-order valence-corrected chi connectivity index (χ4v) is 1.94. The highest BCUT2D eigenvalue weighted by atomic mass is 14.8. The van der Waals surface area contributed by atoms with Crippen LogP contribution in [0.3, 0.4) is 0 Å². The Morgan fingerprint density at radius 3 is 2.20 bits per heavy atom. The third-order valence-electron chi connectivity index (χ3n) is 2.96. The Morgan fingerprint density at radius 1 is 1.20 bits per heavy atom. The van der Waals surface area contributed by atoms with Crippen molar-refractivity contribution in [2.45, 2.75) is 46.5 Å². The second-order valence-corrected chi connectivity index (χ2v) is 5.17. The summed E-state index contributed by atoms with van der Waals surface area (Å²) < 4.78 is 0. The maximum Gasteiger partial charge on any atom is 0.0375 e. The third-order valence-corrected chi connectivity index (χ3v) is 2.96. The van der Waals surface area contributed by atoms with Crippen LogP contribution < -0.4 is 5.32 Å². The normalized spacial score (nSPS) is 11.6. The summed E-state index contributed by atoms with van der Waals surface area (Å²) in [6.07, 6.45) is 1.09. The van der Waals surface area contributed by atoms with Gasteiger partial charge in [-0.2, -0.15) is 0 Å². The topological polar surface area (TPSA) is 12.0 Å². The van der Waals surface area contributed by atoms with Crippen molar-refractivity contribution in [3.63, 3.8) is 0 Å². The van der Waals surface area contributed by atoms with Gasteiger partial charge in [-0.3, -0.25) is 0 Å². The number of anilines is 1. The molecule has 1 rings (SSSR count). The second-order valence-electron chi connectivity index (χ2n) is 5.17. The highest BCUT2D eigenvalue weighted by Gasteiger charge is 2.16. The summed E-state index contributed by atoms with van der Waals surface area (Å²) in [5.74, 6) is 0. The number of benzene rings is 1. The van der Waals surface area contributed by atoms with Gasteiger partial charge in [-0.1, -0.05) is 33.8 Å². The zero-order valence-corrected chi connectivity index (χ0v) is 10.9. The predicted molar refractivity (Wildman–Crippen MR) is 68.8 cm³/mol. The Morgan fingerprint density at radius 2 is 1.80 bits per heavy atom. The Labute approximate surface area is 93.9 Å². The SMILES string of the molecule is CCc1c(C)cc(C(C)(C)C)cc1NC. The summed E-state index contributed by atoms with van der Waals surface area (Å²) in [4.78, 5) is 0. The Balaban J connectivity index is 3.32. The summed E-state index contributed by atoms with van der Waals surface area (Å²) in [5.41, 5.74) is 5.74. The van der Waals surface area contributed by atoms with Crippen molar-refractivity contribution in [2.75, 3.05) is 12.4 Å². The van der Waals surface area contributed by atoms with Crippen LogP contribution in [-0.4, -0.2) is 7.05 Å². The van der Waals surface area contributed by atoms with Gasteiger partial charge in [-0.05, 0) is 41.5 Å². The molecule has 0 saturated heterocycles. The molecule has 1 aromatic rings. The molecular weight excluding hydrogens is 182 g/mol. The molecule has 0 radical (unpaired) electrons. The maximum atomic E-state index is 3.30. The van der Waals surface area contributed by atoms with Crippen LogP contribution in [0.5, 0.6) is 0 Å². The summed E-state index contributed by atoms with van der Waals surface area (Å²) >= 11 is 0. The van der Waals surface area contributed by atoms with Crippen molar-refractivity contribution >= 4 is 5.69 Å². The van der Waals surface area contributed by atoms with Gasteiger partial charge in [0.1, 0.15) is 0 Å². The standard InChI is InChI=1S/C14H23N/c1-7-12-10(2)8-11(14(3,4)5)9-13(12)15-6/h8-9,15H,7H2,1-6H3. The molecule has 1 N–H and O–H groups in total. The fraction of sp³-hybridized carbons (Fsp3) is 0.571. The van der Waals surface area contributed by atoms with Crippen LogP contribution in [0.15, 0.2) is 12.1 Å². The van der Waals surface area contributed by atoms with E-state index < -0.39 is 0 Å². The van der Waals surface area contributed by atoms with Gasteiger partial charge in [0.15, 0.2) is 0 Å². The van der Waals surface area contributed by atoms with Crippen molar-refractivity contribution < 1.29 is 0 Å². The molecule has 0 bridgehead atoms. The van der Waals surface area contributed by atoms with Crippen molar-refractivity contribution in [2.24, 2.45) is 0 Å². The monoisotopic (exact) mass is 205 g/mol. The fourth-order valence-electron chi connectivity index (χ4n) is 1.94. The average molecular weight is 205 g/mol. The second kappa shape index (κ2) is 4.26. The highest BCUT2D eigenvalue weighted by Crippen LogP contribution is 2.29. The Kier molecular flexibility index (Phi) is 3.43. The van der Waals surface area contributed by atoms with Gasteiger partial charge in [-0.15, -0.1) is 0 Å². The lowest BCUT2D eigenvalue weighted by molar-refractivity contribution is 0.589. The molecule has 0 amide bonds. The molecule has 0 aliphatic heterocycles. The lowest BCUT2D eigenvalue weighted by Gasteiger charge is -2.22. The van der Waals surface area contributed by atoms with E-state index in [1.54, 1.807) is 0 Å². The number of nitrogens with one attached hydrogen (secondary N) is 1. The van der Waals surface area contributed by atoms with Crippen LogP contribution >= 0.6 is 0 Å². The van der Waals surface area contributed by atoms with Crippen LogP contribution in [0.4, 0.5) is 5.69 Å². The van der Waals surface area contributed by atoms with Crippen LogP contribution in [0, 0.1) is 6.92 Å². The molecule has 0 aliphatic carbocycles. The predicted octanol–water partition coefficient (Wildman–Crippen LogP) is 3.90. The van der Waals surface area contributed by atoms with Crippen LogP contribution in [0.1, 0.15) is 44.4 Å². The smallest absolute Gasteiger partial charge is 0.0375 e. The van der Waals surface area contributed by atoms with E-state index in [1.165, 1.54) is 22.4 Å². The first-order valence-electron chi connectivity index (χ1n) is 5.72. The minimum absolute atomic E-state index is 0.225. The summed E-state index contributed by atoms with van der Waals surface area (Å²) in [7, 11) is 2.00. The molecule has 0 spiro atoms. The van der Waals surface area contributed by atoms with E-state index in [1.807, 2.05) is 7.05 Å². The lowest BCUT2D eigenvalue weighted by atomic mass is 9.84. The van der Waals surface area contributed by atoms with E-state index >= 15 is 0 Å². The van der Waals surface area contributed by atoms with Crippen molar-refractivity contribution in [3.05, 3.63) is 28.8 Å². The number of aryl methyl sites for hydroxylation is 1. The molecule has 84 valence electrons. The average Bonchev–Trinajstić information content (AvgIpc) is 2.15. The number of hydrogen-bond acceptors (Lipinski definition) is 1. The van der Waals surface area contributed by atoms with Crippen molar-refractivity contribution in [1.29, 1.82) is 0 Å². The minimum atomic E-state index is 0.225. The molecule has 0 heterocycles. The van der Waals surface area contributed by atoms with E-state index in [0.29, 0.717) is 0 Å². The van der Waals surface area contributed by atoms with E-state index in [4.69, 9.17) is 0 Å². The van der Waals surface area contributed by atoms with Gasteiger partial charge in [0.2, 0.25) is 0 Å². The van der Waals surface area contributed by atoms with Crippen LogP contribution in [-0.2, 0) is 11.8 Å². The largest absolute Gasteiger partial charge is 0.388 e. The third kappa shape index (κ3) is 2.53. The molecule has 0 saturated carbocycles. The molecule has 1 heteroatoms. The van der Waals surface area contributed by atoms with Crippen LogP contribution in [0.2, 0.25) is 0 Å². The summed E-state index contributed by atoms with van der Waals surface area (Å²) in [6.45, 7) is 11.2. The molecule has 0 fully saturated rings. The summed E-state index contributed by atoms with van der Waals surface area (Å²) in [5, 5.41) is 3.30. The van der Waals surface area contributed by atoms with Gasteiger partial charge in [-0.25, -0.2) is 0 Å². The zero-order chi connectivity index (χ0) is 11.6. The van der Waals surface area contributed by atoms with Gasteiger partial charge in [0.25, 0.3) is 0 Å². The first-order chi connectivity index (χ1) is 6.90. The van der Waals surface area contributed by atoms with Gasteiger partial charge >= 0.3 is 0 Å². The molecule has 15 heavy (non-hydrogen) atoms. The Hall–Kier alpha value is -0.980.